The minimum atomic E-state index is 1.00. The lowest BCUT2D eigenvalue weighted by Gasteiger charge is -2.13. The van der Waals surface area contributed by atoms with E-state index in [9.17, 15) is 0 Å². The van der Waals surface area contributed by atoms with Crippen LogP contribution >= 0.6 is 0 Å². The van der Waals surface area contributed by atoms with Crippen molar-refractivity contribution >= 4 is 11.4 Å². The van der Waals surface area contributed by atoms with Crippen LogP contribution in [0, 0.1) is 0 Å². The Morgan fingerprint density at radius 2 is 0.889 bits per heavy atom. The molecule has 0 heterocycles. The first-order valence-electron chi connectivity index (χ1n) is 9.50. The zero-order valence-corrected chi connectivity index (χ0v) is 14.9. The Hall–Kier alpha value is -3.32. The average Bonchev–Trinajstić information content (AvgIpc) is 3.27. The summed E-state index contributed by atoms with van der Waals surface area (Å²) in [4.78, 5) is 0. The van der Waals surface area contributed by atoms with Crippen LogP contribution in [-0.2, 0) is 12.8 Å². The van der Waals surface area contributed by atoms with Crippen LogP contribution in [0.4, 0.5) is 11.4 Å². The highest BCUT2D eigenvalue weighted by atomic mass is 14.9. The van der Waals surface area contributed by atoms with Crippen molar-refractivity contribution in [2.75, 3.05) is 0 Å². The first-order valence-corrected chi connectivity index (χ1v) is 9.50. The normalized spacial score (nSPS) is 12.9. The standard InChI is InChI=1S/C26H18N/c1-3-11-21-17(7-1)15-19-9-5-13-23(25(19)21)27-24-14-6-10-20-16-18-8-2-4-12-22(18)26(20)24/h1-14H,15-16H2. The van der Waals surface area contributed by atoms with Gasteiger partial charge in [0.15, 0.2) is 0 Å². The Bertz CT molecular complexity index is 1110. The van der Waals surface area contributed by atoms with Crippen LogP contribution in [0.25, 0.3) is 22.3 Å². The molecule has 0 unspecified atom stereocenters. The largest absolute Gasteiger partial charge is 0.248 e. The summed E-state index contributed by atoms with van der Waals surface area (Å²) < 4.78 is 0. The molecule has 0 spiro atoms. The van der Waals surface area contributed by atoms with Crippen molar-refractivity contribution < 1.29 is 0 Å². The number of rotatable bonds is 2. The molecule has 0 amide bonds. The first-order chi connectivity index (χ1) is 13.4. The van der Waals surface area contributed by atoms with Crippen LogP contribution in [-0.4, -0.2) is 0 Å². The number of hydrogen-bond acceptors (Lipinski definition) is 0. The van der Waals surface area contributed by atoms with Crippen LogP contribution in [0.1, 0.15) is 22.3 Å². The summed E-state index contributed by atoms with van der Waals surface area (Å²) in [6, 6.07) is 30.5. The van der Waals surface area contributed by atoms with Crippen molar-refractivity contribution in [2.45, 2.75) is 12.8 Å². The van der Waals surface area contributed by atoms with Crippen molar-refractivity contribution in [3.63, 3.8) is 0 Å². The molecule has 6 rings (SSSR count). The lowest BCUT2D eigenvalue weighted by Crippen LogP contribution is -1.95. The van der Waals surface area contributed by atoms with E-state index >= 15 is 0 Å². The minimum absolute atomic E-state index is 1.00. The van der Waals surface area contributed by atoms with Gasteiger partial charge in [0.2, 0.25) is 0 Å². The lowest BCUT2D eigenvalue weighted by atomic mass is 10.0. The SMILES string of the molecule is c1ccc2c(c1)Cc1cccc([N]c3cccc4c3-c3ccccc3C4)c1-2. The highest BCUT2D eigenvalue weighted by Crippen LogP contribution is 2.46. The molecule has 1 heteroatoms. The van der Waals surface area contributed by atoms with E-state index in [0.29, 0.717) is 0 Å². The molecule has 4 aromatic carbocycles. The minimum Gasteiger partial charge on any atom is -0.248 e. The summed E-state index contributed by atoms with van der Waals surface area (Å²) in [6.45, 7) is 0. The molecule has 0 saturated carbocycles. The van der Waals surface area contributed by atoms with Gasteiger partial charge in [0.25, 0.3) is 0 Å². The van der Waals surface area contributed by atoms with Gasteiger partial charge in [-0.15, -0.1) is 0 Å². The molecule has 0 aromatic heterocycles. The summed E-state index contributed by atoms with van der Waals surface area (Å²) in [5.41, 5.74) is 13.0. The Kier molecular flexibility index (Phi) is 3.06. The Labute approximate surface area is 159 Å². The third-order valence-corrected chi connectivity index (χ3v) is 5.83. The number of nitrogens with zero attached hydrogens (tertiary/aromatic N) is 1. The molecule has 1 nitrogen and oxygen atoms in total. The predicted molar refractivity (Wildman–Crippen MR) is 111 cm³/mol. The predicted octanol–water partition coefficient (Wildman–Crippen LogP) is 6.40. The van der Waals surface area contributed by atoms with Gasteiger partial charge in [0, 0.05) is 11.1 Å². The highest BCUT2D eigenvalue weighted by molar-refractivity contribution is 5.90. The molecule has 2 aliphatic carbocycles. The van der Waals surface area contributed by atoms with E-state index in [1.807, 2.05) is 0 Å². The molecule has 0 N–H and O–H groups in total. The number of fused-ring (bicyclic) bond motifs is 6. The van der Waals surface area contributed by atoms with Gasteiger partial charge in [-0.05, 0) is 58.4 Å². The van der Waals surface area contributed by atoms with Crippen molar-refractivity contribution in [3.8, 4) is 22.3 Å². The zero-order valence-electron chi connectivity index (χ0n) is 14.9. The fraction of sp³-hybridized carbons (Fsp3) is 0.0769. The van der Waals surface area contributed by atoms with Gasteiger partial charge in [0.05, 0.1) is 11.4 Å². The van der Waals surface area contributed by atoms with Gasteiger partial charge in [-0.1, -0.05) is 72.8 Å². The maximum absolute atomic E-state index is 5.18. The van der Waals surface area contributed by atoms with E-state index in [2.05, 4.69) is 84.9 Å². The molecule has 27 heavy (non-hydrogen) atoms. The fourth-order valence-electron chi connectivity index (χ4n) is 4.65. The van der Waals surface area contributed by atoms with Crippen molar-refractivity contribution in [1.29, 1.82) is 0 Å². The van der Waals surface area contributed by atoms with Crippen LogP contribution in [0.15, 0.2) is 84.9 Å². The van der Waals surface area contributed by atoms with E-state index in [-0.39, 0.29) is 0 Å². The van der Waals surface area contributed by atoms with Gasteiger partial charge in [-0.2, -0.15) is 0 Å². The van der Waals surface area contributed by atoms with Gasteiger partial charge >= 0.3 is 0 Å². The Morgan fingerprint density at radius 3 is 1.41 bits per heavy atom. The zero-order chi connectivity index (χ0) is 17.8. The Morgan fingerprint density at radius 1 is 0.444 bits per heavy atom. The van der Waals surface area contributed by atoms with E-state index in [0.717, 1.165) is 24.2 Å². The smallest absolute Gasteiger partial charge is 0.0718 e. The highest BCUT2D eigenvalue weighted by Gasteiger charge is 2.24. The first kappa shape index (κ1) is 14.8. The number of benzene rings is 4. The molecule has 0 atom stereocenters. The van der Waals surface area contributed by atoms with Crippen LogP contribution < -0.4 is 5.32 Å². The molecule has 127 valence electrons. The van der Waals surface area contributed by atoms with Crippen molar-refractivity contribution in [1.82, 2.24) is 5.32 Å². The van der Waals surface area contributed by atoms with Crippen LogP contribution in [0.5, 0.6) is 0 Å². The van der Waals surface area contributed by atoms with E-state index in [1.54, 1.807) is 0 Å². The second-order valence-electron chi connectivity index (χ2n) is 7.40. The van der Waals surface area contributed by atoms with Crippen molar-refractivity contribution in [2.24, 2.45) is 0 Å². The number of hydrogen-bond donors (Lipinski definition) is 0. The van der Waals surface area contributed by atoms with Crippen LogP contribution in [0.2, 0.25) is 0 Å². The van der Waals surface area contributed by atoms with Crippen LogP contribution in [0.3, 0.4) is 0 Å². The molecule has 0 saturated heterocycles. The van der Waals surface area contributed by atoms with E-state index < -0.39 is 0 Å². The average molecular weight is 344 g/mol. The molecule has 0 aliphatic heterocycles. The maximum atomic E-state index is 5.18. The molecule has 0 fully saturated rings. The molecule has 2 aliphatic rings. The molecular weight excluding hydrogens is 326 g/mol. The van der Waals surface area contributed by atoms with Crippen molar-refractivity contribution in [3.05, 3.63) is 107 Å². The Balaban J connectivity index is 1.50. The maximum Gasteiger partial charge on any atom is 0.0718 e. The molecule has 1 radical (unpaired) electrons. The summed E-state index contributed by atoms with van der Waals surface area (Å²) in [5, 5.41) is 5.18. The summed E-state index contributed by atoms with van der Waals surface area (Å²) in [7, 11) is 0. The molecule has 4 aromatic rings. The topological polar surface area (TPSA) is 14.1 Å². The van der Waals surface area contributed by atoms with Gasteiger partial charge in [-0.25, -0.2) is 5.32 Å². The second kappa shape index (κ2) is 5.59. The quantitative estimate of drug-likeness (QED) is 0.345. The van der Waals surface area contributed by atoms with Gasteiger partial charge in [0.1, 0.15) is 0 Å². The second-order valence-corrected chi connectivity index (χ2v) is 7.40. The molecule has 0 bridgehead atoms. The monoisotopic (exact) mass is 344 g/mol. The third-order valence-electron chi connectivity index (χ3n) is 5.83. The van der Waals surface area contributed by atoms with E-state index in [1.165, 1.54) is 44.5 Å². The van der Waals surface area contributed by atoms with Gasteiger partial charge < -0.3 is 0 Å². The third kappa shape index (κ3) is 2.18. The lowest BCUT2D eigenvalue weighted by molar-refractivity contribution is 1.17. The summed E-state index contributed by atoms with van der Waals surface area (Å²) >= 11 is 0. The molecular formula is C26H18N. The van der Waals surface area contributed by atoms with Gasteiger partial charge in [-0.3, -0.25) is 0 Å². The summed E-state index contributed by atoms with van der Waals surface area (Å²) in [6.07, 6.45) is 2.01. The fourth-order valence-corrected chi connectivity index (χ4v) is 4.65. The van der Waals surface area contributed by atoms with E-state index in [4.69, 9.17) is 5.32 Å². The summed E-state index contributed by atoms with van der Waals surface area (Å²) in [5.74, 6) is 0.